The monoisotopic (exact) mass is 585 g/mol. The van der Waals surface area contributed by atoms with Gasteiger partial charge in [0, 0.05) is 18.9 Å². The van der Waals surface area contributed by atoms with Crippen molar-refractivity contribution in [3.05, 3.63) is 84.6 Å². The molecule has 0 fully saturated rings. The number of hydrogen-bond acceptors (Lipinski definition) is 5. The predicted octanol–water partition coefficient (Wildman–Crippen LogP) is 3.09. The van der Waals surface area contributed by atoms with E-state index in [0.29, 0.717) is 13.2 Å². The first-order valence-electron chi connectivity index (χ1n) is 13.0. The zero-order valence-electron chi connectivity index (χ0n) is 21.6. The Morgan fingerprint density at radius 2 is 1.62 bits per heavy atom. The summed E-state index contributed by atoms with van der Waals surface area (Å²) in [6.45, 7) is 2.26. The number of fused-ring (bicyclic) bond motifs is 6. The fourth-order valence-corrected chi connectivity index (χ4v) is 5.39. The fourth-order valence-electron chi connectivity index (χ4n) is 5.39. The molecule has 0 atom stereocenters. The second-order valence-corrected chi connectivity index (χ2v) is 9.62. The van der Waals surface area contributed by atoms with Crippen LogP contribution in [0.1, 0.15) is 12.0 Å². The zero-order chi connectivity index (χ0) is 25.5. The Morgan fingerprint density at radius 1 is 0.821 bits per heavy atom. The number of methoxy groups -OCH3 is 1. The standard InChI is InChI=1S/C32H28NO5.BrH/c1-34-29-10-8-23-16-28-26-18-31-30(37-20-38-31)17-24(26)11-12-33(28)19-27(23)32(29)36-14-4-13-35-25-9-7-21-5-2-3-6-22(21)15-25;/h2-3,5-10,15-19H,4,11-14,20H2,1H3;1H/q+1;/p-1. The highest BCUT2D eigenvalue weighted by molar-refractivity contribution is 5.92. The van der Waals surface area contributed by atoms with Crippen LogP contribution in [0, 0.1) is 0 Å². The minimum absolute atomic E-state index is 0. The molecular formula is C32H28BrNO5. The highest BCUT2D eigenvalue weighted by Gasteiger charge is 2.28. The molecule has 0 amide bonds. The van der Waals surface area contributed by atoms with Gasteiger partial charge < -0.3 is 40.7 Å². The van der Waals surface area contributed by atoms with Crippen LogP contribution >= 0.6 is 0 Å². The molecule has 0 N–H and O–H groups in total. The molecule has 3 heterocycles. The molecule has 6 nitrogen and oxygen atoms in total. The zero-order valence-corrected chi connectivity index (χ0v) is 23.2. The van der Waals surface area contributed by atoms with Crippen LogP contribution in [-0.2, 0) is 13.0 Å². The van der Waals surface area contributed by atoms with Crippen LogP contribution < -0.4 is 45.2 Å². The number of rotatable bonds is 7. The third-order valence-corrected chi connectivity index (χ3v) is 7.32. The second kappa shape index (κ2) is 10.7. The van der Waals surface area contributed by atoms with Crippen LogP contribution in [-0.4, -0.2) is 27.1 Å². The number of halogens is 1. The summed E-state index contributed by atoms with van der Waals surface area (Å²) in [4.78, 5) is 0. The number of ether oxygens (including phenoxy) is 5. The molecule has 0 unspecified atom stereocenters. The first kappa shape index (κ1) is 25.3. The van der Waals surface area contributed by atoms with Gasteiger partial charge in [-0.3, -0.25) is 0 Å². The first-order valence-corrected chi connectivity index (χ1v) is 13.0. The maximum absolute atomic E-state index is 6.32. The number of nitrogens with zero attached hydrogens (tertiary/aromatic N) is 1. The first-order chi connectivity index (χ1) is 18.8. The van der Waals surface area contributed by atoms with Crippen molar-refractivity contribution in [2.45, 2.75) is 19.4 Å². The molecule has 0 aliphatic carbocycles. The van der Waals surface area contributed by atoms with Gasteiger partial charge in [0.05, 0.1) is 31.3 Å². The van der Waals surface area contributed by atoms with Crippen molar-refractivity contribution in [2.24, 2.45) is 0 Å². The molecule has 0 spiro atoms. The van der Waals surface area contributed by atoms with Gasteiger partial charge in [0.1, 0.15) is 5.75 Å². The van der Waals surface area contributed by atoms with Gasteiger partial charge in [-0.25, -0.2) is 0 Å². The second-order valence-electron chi connectivity index (χ2n) is 9.62. The van der Waals surface area contributed by atoms with Gasteiger partial charge >= 0.3 is 0 Å². The molecule has 4 aromatic carbocycles. The van der Waals surface area contributed by atoms with Gasteiger partial charge in [0.2, 0.25) is 12.5 Å². The lowest BCUT2D eigenvalue weighted by atomic mass is 9.95. The van der Waals surface area contributed by atoms with Gasteiger partial charge in [0.15, 0.2) is 35.7 Å². The Bertz CT molecular complexity index is 1690. The smallest absolute Gasteiger partial charge is 0.231 e. The molecule has 0 saturated heterocycles. The summed E-state index contributed by atoms with van der Waals surface area (Å²) in [6, 6.07) is 25.0. The van der Waals surface area contributed by atoms with Crippen molar-refractivity contribution in [1.82, 2.24) is 0 Å². The normalized spacial score (nSPS) is 12.9. The Kier molecular flexibility index (Phi) is 6.92. The van der Waals surface area contributed by atoms with Crippen molar-refractivity contribution in [3.63, 3.8) is 0 Å². The summed E-state index contributed by atoms with van der Waals surface area (Å²) in [5.41, 5.74) is 3.63. The van der Waals surface area contributed by atoms with Crippen molar-refractivity contribution < 1.29 is 45.2 Å². The van der Waals surface area contributed by atoms with Crippen molar-refractivity contribution in [1.29, 1.82) is 0 Å². The van der Waals surface area contributed by atoms with E-state index in [9.17, 15) is 0 Å². The molecule has 0 radical (unpaired) electrons. The summed E-state index contributed by atoms with van der Waals surface area (Å²) in [7, 11) is 1.68. The molecule has 39 heavy (non-hydrogen) atoms. The molecular weight excluding hydrogens is 558 g/mol. The van der Waals surface area contributed by atoms with Crippen molar-refractivity contribution in [3.8, 4) is 40.0 Å². The summed E-state index contributed by atoms with van der Waals surface area (Å²) >= 11 is 0. The van der Waals surface area contributed by atoms with E-state index in [1.807, 2.05) is 24.3 Å². The molecule has 7 heteroatoms. The maximum Gasteiger partial charge on any atom is 0.231 e. The van der Waals surface area contributed by atoms with Crippen LogP contribution in [0.15, 0.2) is 79.0 Å². The minimum Gasteiger partial charge on any atom is -1.00 e. The van der Waals surface area contributed by atoms with Crippen LogP contribution in [0.3, 0.4) is 0 Å². The molecule has 2 aliphatic rings. The Balaban J connectivity index is 0.00000277. The number of benzene rings is 4. The number of aryl methyl sites for hydroxylation is 2. The molecule has 2 aliphatic heterocycles. The van der Waals surface area contributed by atoms with Gasteiger partial charge in [-0.15, -0.1) is 0 Å². The van der Waals surface area contributed by atoms with Gasteiger partial charge in [-0.2, -0.15) is 4.57 Å². The van der Waals surface area contributed by atoms with Crippen LogP contribution in [0.25, 0.3) is 32.8 Å². The van der Waals surface area contributed by atoms with E-state index in [4.69, 9.17) is 23.7 Å². The average molecular weight is 586 g/mol. The van der Waals surface area contributed by atoms with Gasteiger partial charge in [-0.1, -0.05) is 30.3 Å². The maximum atomic E-state index is 6.32. The van der Waals surface area contributed by atoms with E-state index in [-0.39, 0.29) is 23.8 Å². The molecule has 198 valence electrons. The lowest BCUT2D eigenvalue weighted by Gasteiger charge is -2.18. The Labute approximate surface area is 237 Å². The summed E-state index contributed by atoms with van der Waals surface area (Å²) in [5.74, 6) is 4.01. The van der Waals surface area contributed by atoms with Crippen molar-refractivity contribution >= 4 is 21.5 Å². The third-order valence-electron chi connectivity index (χ3n) is 7.32. The SMILES string of the molecule is COc1ccc2cc3[n+](cc2c1OCCCOc1ccc2ccccc2c1)CCc1cc2c(cc1-3)OCO2.[Br-]. The van der Waals surface area contributed by atoms with Crippen LogP contribution in [0.4, 0.5) is 0 Å². The topological polar surface area (TPSA) is 50.0 Å². The summed E-state index contributed by atoms with van der Waals surface area (Å²) in [5, 5.41) is 4.52. The highest BCUT2D eigenvalue weighted by atomic mass is 79.9. The van der Waals surface area contributed by atoms with E-state index in [1.54, 1.807) is 7.11 Å². The third kappa shape index (κ3) is 4.72. The van der Waals surface area contributed by atoms with E-state index in [0.717, 1.165) is 64.6 Å². The molecule has 0 saturated carbocycles. The highest BCUT2D eigenvalue weighted by Crippen LogP contribution is 2.41. The van der Waals surface area contributed by atoms with Gasteiger partial charge in [-0.05, 0) is 58.1 Å². The molecule has 5 aromatic rings. The number of aromatic nitrogens is 1. The lowest BCUT2D eigenvalue weighted by Crippen LogP contribution is -3.00. The van der Waals surface area contributed by atoms with E-state index >= 15 is 0 Å². The quantitative estimate of drug-likeness (QED) is 0.217. The summed E-state index contributed by atoms with van der Waals surface area (Å²) in [6.07, 6.45) is 3.87. The predicted molar refractivity (Wildman–Crippen MR) is 146 cm³/mol. The average Bonchev–Trinajstić information content (AvgIpc) is 3.42. The largest absolute Gasteiger partial charge is 1.00 e. The van der Waals surface area contributed by atoms with E-state index < -0.39 is 0 Å². The Morgan fingerprint density at radius 3 is 2.49 bits per heavy atom. The van der Waals surface area contributed by atoms with Crippen LogP contribution in [0.5, 0.6) is 28.7 Å². The molecule has 7 rings (SSSR count). The number of pyridine rings is 1. The van der Waals surface area contributed by atoms with E-state index in [1.165, 1.54) is 21.9 Å². The molecule has 1 aromatic heterocycles. The summed E-state index contributed by atoms with van der Waals surface area (Å²) < 4.78 is 31.5. The van der Waals surface area contributed by atoms with E-state index in [2.05, 4.69) is 59.3 Å². The fraction of sp³-hybridized carbons (Fsp3) is 0.219. The number of hydrogen-bond donors (Lipinski definition) is 0. The molecule has 0 bridgehead atoms. The lowest BCUT2D eigenvalue weighted by molar-refractivity contribution is -0.686. The Hall–Kier alpha value is -3.97. The van der Waals surface area contributed by atoms with Crippen molar-refractivity contribution in [2.75, 3.05) is 27.1 Å². The van der Waals surface area contributed by atoms with Gasteiger partial charge in [0.25, 0.3) is 0 Å². The minimum atomic E-state index is 0. The van der Waals surface area contributed by atoms with Crippen LogP contribution in [0.2, 0.25) is 0 Å².